The SMILES string of the molecule is CCC(C)(C(N)c1cc(Cl)ccc1OC)N1CCCC1. The summed E-state index contributed by atoms with van der Waals surface area (Å²) in [6, 6.07) is 5.57. The van der Waals surface area contributed by atoms with E-state index in [9.17, 15) is 0 Å². The molecule has 1 aliphatic heterocycles. The number of hydrogen-bond donors (Lipinski definition) is 1. The van der Waals surface area contributed by atoms with Crippen molar-refractivity contribution in [3.05, 3.63) is 28.8 Å². The Balaban J connectivity index is 2.36. The van der Waals surface area contributed by atoms with Gasteiger partial charge in [0.15, 0.2) is 0 Å². The Kier molecular flexibility index (Phi) is 4.95. The minimum absolute atomic E-state index is 0.0610. The number of likely N-dealkylation sites (tertiary alicyclic amines) is 1. The Bertz CT molecular complexity index is 460. The minimum atomic E-state index is -0.112. The Labute approximate surface area is 127 Å². The lowest BCUT2D eigenvalue weighted by molar-refractivity contribution is 0.0989. The van der Waals surface area contributed by atoms with Crippen LogP contribution in [0.25, 0.3) is 0 Å². The second-order valence-electron chi connectivity index (χ2n) is 5.77. The number of rotatable bonds is 5. The number of nitrogens with zero attached hydrogens (tertiary/aromatic N) is 1. The first-order valence-corrected chi connectivity index (χ1v) is 7.74. The van der Waals surface area contributed by atoms with Crippen LogP contribution >= 0.6 is 11.6 Å². The molecule has 2 N–H and O–H groups in total. The van der Waals surface area contributed by atoms with Crippen LogP contribution in [0.4, 0.5) is 0 Å². The Morgan fingerprint density at radius 3 is 2.60 bits per heavy atom. The molecular weight excluding hydrogens is 272 g/mol. The van der Waals surface area contributed by atoms with Gasteiger partial charge in [-0.3, -0.25) is 4.90 Å². The first-order chi connectivity index (χ1) is 9.52. The van der Waals surface area contributed by atoms with Crippen molar-refractivity contribution in [2.24, 2.45) is 5.73 Å². The fourth-order valence-electron chi connectivity index (χ4n) is 3.15. The van der Waals surface area contributed by atoms with Crippen molar-refractivity contribution in [2.75, 3.05) is 20.2 Å². The Morgan fingerprint density at radius 2 is 2.05 bits per heavy atom. The highest BCUT2D eigenvalue weighted by atomic mass is 35.5. The molecule has 1 aliphatic rings. The molecule has 1 saturated heterocycles. The molecule has 112 valence electrons. The third kappa shape index (κ3) is 2.80. The van der Waals surface area contributed by atoms with Gasteiger partial charge < -0.3 is 10.5 Å². The number of hydrogen-bond acceptors (Lipinski definition) is 3. The van der Waals surface area contributed by atoms with Crippen molar-refractivity contribution < 1.29 is 4.74 Å². The van der Waals surface area contributed by atoms with E-state index >= 15 is 0 Å². The predicted molar refractivity (Wildman–Crippen MR) is 84.4 cm³/mol. The molecule has 0 aliphatic carbocycles. The number of benzene rings is 1. The van der Waals surface area contributed by atoms with Crippen LogP contribution in [-0.4, -0.2) is 30.6 Å². The van der Waals surface area contributed by atoms with Crippen LogP contribution in [-0.2, 0) is 0 Å². The summed E-state index contributed by atoms with van der Waals surface area (Å²) in [7, 11) is 1.68. The van der Waals surface area contributed by atoms with Crippen LogP contribution in [0.1, 0.15) is 44.7 Å². The van der Waals surface area contributed by atoms with Crippen molar-refractivity contribution >= 4 is 11.6 Å². The number of methoxy groups -OCH3 is 1. The lowest BCUT2D eigenvalue weighted by Crippen LogP contribution is -2.51. The van der Waals surface area contributed by atoms with Gasteiger partial charge in [0.2, 0.25) is 0 Å². The quantitative estimate of drug-likeness (QED) is 0.902. The number of halogens is 1. The zero-order valence-electron chi connectivity index (χ0n) is 12.7. The Hall–Kier alpha value is -0.770. The van der Waals surface area contributed by atoms with E-state index in [-0.39, 0.29) is 11.6 Å². The van der Waals surface area contributed by atoms with Crippen LogP contribution in [0.5, 0.6) is 5.75 Å². The molecule has 0 amide bonds. The maximum atomic E-state index is 6.63. The molecule has 0 aromatic heterocycles. The van der Waals surface area contributed by atoms with Gasteiger partial charge in [0, 0.05) is 16.1 Å². The van der Waals surface area contributed by atoms with Gasteiger partial charge in [-0.2, -0.15) is 0 Å². The number of nitrogens with two attached hydrogens (primary N) is 1. The van der Waals surface area contributed by atoms with Gasteiger partial charge in [-0.25, -0.2) is 0 Å². The first kappa shape index (κ1) is 15.6. The standard InChI is InChI=1S/C16H25ClN2O/c1-4-16(2,19-9-5-6-10-19)15(18)13-11-12(17)7-8-14(13)20-3/h7-8,11,15H,4-6,9-10,18H2,1-3H3. The summed E-state index contributed by atoms with van der Waals surface area (Å²) in [5.41, 5.74) is 7.56. The van der Waals surface area contributed by atoms with Crippen molar-refractivity contribution in [3.63, 3.8) is 0 Å². The van der Waals surface area contributed by atoms with E-state index < -0.39 is 0 Å². The average molecular weight is 297 g/mol. The molecule has 3 nitrogen and oxygen atoms in total. The van der Waals surface area contributed by atoms with E-state index in [1.807, 2.05) is 18.2 Å². The van der Waals surface area contributed by atoms with E-state index in [1.165, 1.54) is 12.8 Å². The molecule has 1 aromatic carbocycles. The number of ether oxygens (including phenoxy) is 1. The lowest BCUT2D eigenvalue weighted by atomic mass is 9.83. The normalized spacial score (nSPS) is 20.6. The maximum Gasteiger partial charge on any atom is 0.123 e. The first-order valence-electron chi connectivity index (χ1n) is 7.37. The summed E-state index contributed by atoms with van der Waals surface area (Å²) in [6.45, 7) is 6.71. The van der Waals surface area contributed by atoms with Gasteiger partial charge >= 0.3 is 0 Å². The predicted octanol–water partition coefficient (Wildman–Crippen LogP) is 3.61. The van der Waals surface area contributed by atoms with Gasteiger partial charge in [-0.15, -0.1) is 0 Å². The largest absolute Gasteiger partial charge is 0.496 e. The third-order valence-electron chi connectivity index (χ3n) is 4.74. The summed E-state index contributed by atoms with van der Waals surface area (Å²) in [6.07, 6.45) is 3.52. The zero-order chi connectivity index (χ0) is 14.8. The molecule has 1 fully saturated rings. The molecular formula is C16H25ClN2O. The fraction of sp³-hybridized carbons (Fsp3) is 0.625. The molecule has 2 unspecified atom stereocenters. The zero-order valence-corrected chi connectivity index (χ0v) is 13.4. The van der Waals surface area contributed by atoms with Crippen LogP contribution < -0.4 is 10.5 Å². The smallest absolute Gasteiger partial charge is 0.123 e. The summed E-state index contributed by atoms with van der Waals surface area (Å²) in [5, 5.41) is 0.705. The van der Waals surface area contributed by atoms with Gasteiger partial charge in [-0.05, 0) is 57.5 Å². The second-order valence-corrected chi connectivity index (χ2v) is 6.21. The van der Waals surface area contributed by atoms with Crippen LogP contribution in [0, 0.1) is 0 Å². The van der Waals surface area contributed by atoms with E-state index in [0.29, 0.717) is 5.02 Å². The van der Waals surface area contributed by atoms with Gasteiger partial charge in [0.25, 0.3) is 0 Å². The van der Waals surface area contributed by atoms with E-state index in [1.54, 1.807) is 7.11 Å². The highest BCUT2D eigenvalue weighted by Crippen LogP contribution is 2.39. The van der Waals surface area contributed by atoms with Crippen LogP contribution in [0.15, 0.2) is 18.2 Å². The monoisotopic (exact) mass is 296 g/mol. The van der Waals surface area contributed by atoms with Crippen LogP contribution in [0.3, 0.4) is 0 Å². The highest BCUT2D eigenvalue weighted by molar-refractivity contribution is 6.30. The van der Waals surface area contributed by atoms with E-state index in [4.69, 9.17) is 22.1 Å². The van der Waals surface area contributed by atoms with E-state index in [0.717, 1.165) is 30.8 Å². The molecule has 0 spiro atoms. The summed E-state index contributed by atoms with van der Waals surface area (Å²) < 4.78 is 5.47. The van der Waals surface area contributed by atoms with Crippen molar-refractivity contribution in [2.45, 2.75) is 44.7 Å². The Morgan fingerprint density at radius 1 is 1.40 bits per heavy atom. The molecule has 0 saturated carbocycles. The average Bonchev–Trinajstić information content (AvgIpc) is 3.00. The second kappa shape index (κ2) is 6.33. The topological polar surface area (TPSA) is 38.5 Å². The molecule has 0 radical (unpaired) electrons. The fourth-order valence-corrected chi connectivity index (χ4v) is 3.33. The highest BCUT2D eigenvalue weighted by Gasteiger charge is 2.39. The van der Waals surface area contributed by atoms with Crippen molar-refractivity contribution in [1.82, 2.24) is 4.90 Å². The third-order valence-corrected chi connectivity index (χ3v) is 4.98. The van der Waals surface area contributed by atoms with Gasteiger partial charge in [-0.1, -0.05) is 18.5 Å². The summed E-state index contributed by atoms with van der Waals surface area (Å²) in [5.74, 6) is 0.820. The molecule has 2 atom stereocenters. The van der Waals surface area contributed by atoms with Crippen molar-refractivity contribution in [3.8, 4) is 5.75 Å². The van der Waals surface area contributed by atoms with E-state index in [2.05, 4.69) is 18.7 Å². The maximum absolute atomic E-state index is 6.63. The summed E-state index contributed by atoms with van der Waals surface area (Å²) in [4.78, 5) is 2.51. The summed E-state index contributed by atoms with van der Waals surface area (Å²) >= 11 is 6.15. The molecule has 20 heavy (non-hydrogen) atoms. The van der Waals surface area contributed by atoms with Crippen LogP contribution in [0.2, 0.25) is 5.02 Å². The molecule has 2 rings (SSSR count). The molecule has 1 heterocycles. The lowest BCUT2D eigenvalue weighted by Gasteiger charge is -2.43. The van der Waals surface area contributed by atoms with Gasteiger partial charge in [0.05, 0.1) is 13.2 Å². The molecule has 4 heteroatoms. The molecule has 1 aromatic rings. The van der Waals surface area contributed by atoms with Gasteiger partial charge in [0.1, 0.15) is 5.75 Å². The minimum Gasteiger partial charge on any atom is -0.496 e. The molecule has 0 bridgehead atoms. The van der Waals surface area contributed by atoms with Crippen molar-refractivity contribution in [1.29, 1.82) is 0 Å².